The van der Waals surface area contributed by atoms with Gasteiger partial charge in [0.05, 0.1) is 6.54 Å². The molecule has 3 fully saturated rings. The van der Waals surface area contributed by atoms with Crippen LogP contribution in [0, 0.1) is 5.92 Å². The number of urea groups is 1. The minimum Gasteiger partial charge on any atom is -0.340 e. The number of amides is 4. The van der Waals surface area contributed by atoms with Gasteiger partial charge in [-0.05, 0) is 18.8 Å². The van der Waals surface area contributed by atoms with Crippen molar-refractivity contribution in [2.75, 3.05) is 13.1 Å². The Hall–Kier alpha value is -1.59. The van der Waals surface area contributed by atoms with Crippen LogP contribution in [0.25, 0.3) is 0 Å². The highest BCUT2D eigenvalue weighted by Crippen LogP contribution is 2.30. The summed E-state index contributed by atoms with van der Waals surface area (Å²) in [5.74, 6) is 0.515. The van der Waals surface area contributed by atoms with E-state index in [0.717, 1.165) is 6.42 Å². The molecule has 2 saturated heterocycles. The molecule has 2 aliphatic heterocycles. The van der Waals surface area contributed by atoms with Gasteiger partial charge >= 0.3 is 6.03 Å². The zero-order chi connectivity index (χ0) is 14.2. The van der Waals surface area contributed by atoms with Crippen LogP contribution in [-0.4, -0.2) is 41.4 Å². The largest absolute Gasteiger partial charge is 0.340 e. The molecule has 6 nitrogen and oxygen atoms in total. The van der Waals surface area contributed by atoms with Gasteiger partial charge < -0.3 is 10.2 Å². The molecule has 1 spiro atoms. The number of nitrogens with zero attached hydrogens (tertiary/aromatic N) is 1. The molecule has 1 atom stereocenters. The Balaban J connectivity index is 1.52. The van der Waals surface area contributed by atoms with Gasteiger partial charge in [-0.3, -0.25) is 14.9 Å². The maximum atomic E-state index is 12.2. The van der Waals surface area contributed by atoms with Gasteiger partial charge in [-0.25, -0.2) is 4.79 Å². The summed E-state index contributed by atoms with van der Waals surface area (Å²) in [5, 5.41) is 4.93. The standard InChI is InChI=1S/C14H21N3O3/c18-11(6-5-10-3-1-2-4-10)17-8-7-14(9-17)12(19)15-13(20)16-14/h10H,1-9H2,(H2,15,16,19,20)/t14-/m0/s1. The molecule has 0 aromatic rings. The third kappa shape index (κ3) is 2.39. The van der Waals surface area contributed by atoms with E-state index in [1.165, 1.54) is 25.7 Å². The predicted octanol–water partition coefficient (Wildman–Crippen LogP) is 0.767. The fourth-order valence-corrected chi connectivity index (χ4v) is 3.62. The van der Waals surface area contributed by atoms with Crippen LogP contribution < -0.4 is 10.6 Å². The van der Waals surface area contributed by atoms with E-state index in [1.54, 1.807) is 4.90 Å². The molecule has 0 aromatic heterocycles. The molecule has 2 heterocycles. The first-order valence-electron chi connectivity index (χ1n) is 7.50. The quantitative estimate of drug-likeness (QED) is 0.749. The van der Waals surface area contributed by atoms with Gasteiger partial charge in [0.2, 0.25) is 5.91 Å². The van der Waals surface area contributed by atoms with Gasteiger partial charge in [-0.15, -0.1) is 0 Å². The van der Waals surface area contributed by atoms with Crippen molar-refractivity contribution in [1.29, 1.82) is 0 Å². The van der Waals surface area contributed by atoms with Gasteiger partial charge in [0.15, 0.2) is 0 Å². The summed E-state index contributed by atoms with van der Waals surface area (Å²) < 4.78 is 0. The van der Waals surface area contributed by atoms with Crippen LogP contribution in [0.3, 0.4) is 0 Å². The molecule has 3 rings (SSSR count). The molecular weight excluding hydrogens is 258 g/mol. The lowest BCUT2D eigenvalue weighted by atomic mass is 9.99. The summed E-state index contributed by atoms with van der Waals surface area (Å²) in [5.41, 5.74) is -0.875. The maximum Gasteiger partial charge on any atom is 0.322 e. The molecule has 0 unspecified atom stereocenters. The number of imide groups is 1. The molecule has 2 N–H and O–H groups in total. The number of carbonyl (C=O) groups excluding carboxylic acids is 3. The fraction of sp³-hybridized carbons (Fsp3) is 0.786. The number of hydrogen-bond acceptors (Lipinski definition) is 3. The minimum atomic E-state index is -0.875. The van der Waals surface area contributed by atoms with Crippen molar-refractivity contribution in [3.63, 3.8) is 0 Å². The van der Waals surface area contributed by atoms with Crippen molar-refractivity contribution in [2.24, 2.45) is 5.92 Å². The van der Waals surface area contributed by atoms with Crippen LogP contribution >= 0.6 is 0 Å². The molecule has 20 heavy (non-hydrogen) atoms. The minimum absolute atomic E-state index is 0.114. The zero-order valence-electron chi connectivity index (χ0n) is 11.6. The van der Waals surface area contributed by atoms with Gasteiger partial charge in [-0.1, -0.05) is 25.7 Å². The molecule has 0 radical (unpaired) electrons. The van der Waals surface area contributed by atoms with E-state index in [4.69, 9.17) is 0 Å². The Kier molecular flexibility index (Phi) is 3.40. The van der Waals surface area contributed by atoms with Crippen molar-refractivity contribution in [1.82, 2.24) is 15.5 Å². The van der Waals surface area contributed by atoms with E-state index in [1.807, 2.05) is 0 Å². The van der Waals surface area contributed by atoms with Gasteiger partial charge in [0.25, 0.3) is 5.91 Å². The summed E-state index contributed by atoms with van der Waals surface area (Å²) in [4.78, 5) is 37.0. The van der Waals surface area contributed by atoms with Crippen LogP contribution in [0.2, 0.25) is 0 Å². The van der Waals surface area contributed by atoms with Crippen molar-refractivity contribution < 1.29 is 14.4 Å². The second-order valence-electron chi connectivity index (χ2n) is 6.24. The van der Waals surface area contributed by atoms with E-state index in [2.05, 4.69) is 10.6 Å². The zero-order valence-corrected chi connectivity index (χ0v) is 11.6. The second kappa shape index (κ2) is 5.07. The highest BCUT2D eigenvalue weighted by atomic mass is 16.2. The highest BCUT2D eigenvalue weighted by Gasteiger charge is 2.51. The Labute approximate surface area is 118 Å². The number of likely N-dealkylation sites (tertiary alicyclic amines) is 1. The smallest absolute Gasteiger partial charge is 0.322 e. The number of rotatable bonds is 3. The predicted molar refractivity (Wildman–Crippen MR) is 71.8 cm³/mol. The van der Waals surface area contributed by atoms with E-state index in [0.29, 0.717) is 31.8 Å². The average molecular weight is 279 g/mol. The molecule has 3 aliphatic rings. The van der Waals surface area contributed by atoms with E-state index >= 15 is 0 Å². The van der Waals surface area contributed by atoms with E-state index in [9.17, 15) is 14.4 Å². The van der Waals surface area contributed by atoms with E-state index < -0.39 is 11.6 Å². The molecular formula is C14H21N3O3. The number of nitrogens with one attached hydrogen (secondary N) is 2. The lowest BCUT2D eigenvalue weighted by Gasteiger charge is -2.21. The maximum absolute atomic E-state index is 12.2. The van der Waals surface area contributed by atoms with Gasteiger partial charge in [0, 0.05) is 13.0 Å². The van der Waals surface area contributed by atoms with Gasteiger partial charge in [0.1, 0.15) is 5.54 Å². The molecule has 110 valence electrons. The first-order chi connectivity index (χ1) is 9.59. The average Bonchev–Trinajstić information content (AvgIpc) is 3.10. The Morgan fingerprint density at radius 3 is 2.70 bits per heavy atom. The molecule has 0 aromatic carbocycles. The summed E-state index contributed by atoms with van der Waals surface area (Å²) in [6, 6.07) is -0.449. The van der Waals surface area contributed by atoms with Crippen molar-refractivity contribution in [3.8, 4) is 0 Å². The summed E-state index contributed by atoms with van der Waals surface area (Å²) >= 11 is 0. The third-order valence-corrected chi connectivity index (χ3v) is 4.88. The number of hydrogen-bond donors (Lipinski definition) is 2. The van der Waals surface area contributed by atoms with Crippen LogP contribution in [0.4, 0.5) is 4.79 Å². The Morgan fingerprint density at radius 2 is 2.05 bits per heavy atom. The van der Waals surface area contributed by atoms with Crippen LogP contribution in [0.15, 0.2) is 0 Å². The molecule has 4 amide bonds. The number of carbonyl (C=O) groups is 3. The third-order valence-electron chi connectivity index (χ3n) is 4.88. The summed E-state index contributed by atoms with van der Waals surface area (Å²) in [6.07, 6.45) is 7.11. The van der Waals surface area contributed by atoms with Gasteiger partial charge in [-0.2, -0.15) is 0 Å². The van der Waals surface area contributed by atoms with Crippen molar-refractivity contribution in [2.45, 2.75) is 50.5 Å². The first-order valence-corrected chi connectivity index (χ1v) is 7.50. The van der Waals surface area contributed by atoms with E-state index in [-0.39, 0.29) is 11.8 Å². The highest BCUT2D eigenvalue weighted by molar-refractivity contribution is 6.07. The Bertz CT molecular complexity index is 445. The van der Waals surface area contributed by atoms with Crippen LogP contribution in [0.5, 0.6) is 0 Å². The summed E-state index contributed by atoms with van der Waals surface area (Å²) in [6.45, 7) is 0.866. The van der Waals surface area contributed by atoms with Crippen molar-refractivity contribution >= 4 is 17.8 Å². The second-order valence-corrected chi connectivity index (χ2v) is 6.24. The summed E-state index contributed by atoms with van der Waals surface area (Å²) in [7, 11) is 0. The lowest BCUT2D eigenvalue weighted by molar-refractivity contribution is -0.131. The topological polar surface area (TPSA) is 78.5 Å². The molecule has 0 bridgehead atoms. The normalized spacial score (nSPS) is 30.1. The Morgan fingerprint density at radius 1 is 1.30 bits per heavy atom. The fourth-order valence-electron chi connectivity index (χ4n) is 3.62. The first kappa shape index (κ1) is 13.4. The molecule has 1 saturated carbocycles. The lowest BCUT2D eigenvalue weighted by Crippen LogP contribution is -2.49. The SMILES string of the molecule is O=C1NC(=O)[C@@]2(CCN(C(=O)CCC3CCCC3)C2)N1. The molecule has 1 aliphatic carbocycles. The van der Waals surface area contributed by atoms with Crippen LogP contribution in [-0.2, 0) is 9.59 Å². The van der Waals surface area contributed by atoms with Crippen LogP contribution in [0.1, 0.15) is 44.9 Å². The molecule has 6 heteroatoms. The van der Waals surface area contributed by atoms with Crippen molar-refractivity contribution in [3.05, 3.63) is 0 Å². The monoisotopic (exact) mass is 279 g/mol.